The van der Waals surface area contributed by atoms with Crippen molar-refractivity contribution >= 4 is 5.97 Å². The lowest BCUT2D eigenvalue weighted by atomic mass is 9.88. The first kappa shape index (κ1) is 11.2. The molecule has 0 fully saturated rings. The lowest BCUT2D eigenvalue weighted by Gasteiger charge is -2.22. The normalized spacial score (nSPS) is 19.6. The van der Waals surface area contributed by atoms with Crippen LogP contribution in [-0.2, 0) is 22.4 Å². The van der Waals surface area contributed by atoms with Gasteiger partial charge in [0.1, 0.15) is 0 Å². The van der Waals surface area contributed by atoms with Crippen molar-refractivity contribution in [1.29, 1.82) is 0 Å². The van der Waals surface area contributed by atoms with E-state index in [-0.39, 0.29) is 11.9 Å². The zero-order chi connectivity index (χ0) is 11.7. The number of aryl methyl sites for hydroxylation is 1. The fourth-order valence-corrected chi connectivity index (χ4v) is 2.33. The number of hydrogen-bond donors (Lipinski definition) is 0. The number of fused-ring (bicyclic) bond motifs is 1. The molecule has 1 heterocycles. The van der Waals surface area contributed by atoms with Crippen molar-refractivity contribution in [2.24, 2.45) is 5.92 Å². The van der Waals surface area contributed by atoms with Gasteiger partial charge in [-0.15, -0.1) is 0 Å². The van der Waals surface area contributed by atoms with Gasteiger partial charge >= 0.3 is 5.97 Å². The van der Waals surface area contributed by atoms with E-state index in [0.717, 1.165) is 19.3 Å². The summed E-state index contributed by atoms with van der Waals surface area (Å²) in [4.78, 5) is 11.5. The summed E-state index contributed by atoms with van der Waals surface area (Å²) in [5.41, 5.74) is 2.49. The first-order chi connectivity index (χ1) is 7.63. The maximum absolute atomic E-state index is 11.5. The molecule has 88 valence electrons. The fraction of sp³-hybridized carbons (Fsp3) is 0.667. The van der Waals surface area contributed by atoms with Gasteiger partial charge in [0.05, 0.1) is 19.2 Å². The standard InChI is InChI=1S/C12H18N2O2/c1-8(2)14-11-6-9(12(15)16-3)4-5-10(11)7-13-14/h7-9H,4-6H2,1-3H3/t9-/m1/s1. The fourth-order valence-electron chi connectivity index (χ4n) is 2.33. The number of ether oxygens (including phenoxy) is 1. The Hall–Kier alpha value is -1.32. The van der Waals surface area contributed by atoms with Gasteiger partial charge in [-0.05, 0) is 32.3 Å². The van der Waals surface area contributed by atoms with Gasteiger partial charge in [-0.1, -0.05) is 0 Å². The quantitative estimate of drug-likeness (QED) is 0.716. The average molecular weight is 222 g/mol. The highest BCUT2D eigenvalue weighted by molar-refractivity contribution is 5.73. The minimum absolute atomic E-state index is 0.00620. The minimum atomic E-state index is -0.0952. The van der Waals surface area contributed by atoms with E-state index >= 15 is 0 Å². The topological polar surface area (TPSA) is 44.1 Å². The molecule has 1 aromatic heterocycles. The molecule has 0 saturated heterocycles. The molecule has 4 nitrogen and oxygen atoms in total. The Morgan fingerprint density at radius 3 is 3.00 bits per heavy atom. The number of hydrogen-bond acceptors (Lipinski definition) is 3. The van der Waals surface area contributed by atoms with Gasteiger partial charge in [0.25, 0.3) is 0 Å². The number of nitrogens with zero attached hydrogens (tertiary/aromatic N) is 2. The van der Waals surface area contributed by atoms with Crippen LogP contribution in [0.5, 0.6) is 0 Å². The summed E-state index contributed by atoms with van der Waals surface area (Å²) < 4.78 is 6.83. The molecule has 0 bridgehead atoms. The Kier molecular flexibility index (Phi) is 2.99. The highest BCUT2D eigenvalue weighted by Gasteiger charge is 2.28. The van der Waals surface area contributed by atoms with Crippen LogP contribution in [0.15, 0.2) is 6.20 Å². The molecule has 1 aliphatic carbocycles. The number of carbonyl (C=O) groups excluding carboxylic acids is 1. The van der Waals surface area contributed by atoms with Gasteiger partial charge < -0.3 is 4.74 Å². The predicted octanol–water partition coefficient (Wildman–Crippen LogP) is 1.74. The van der Waals surface area contributed by atoms with Gasteiger partial charge in [0, 0.05) is 18.2 Å². The highest BCUT2D eigenvalue weighted by atomic mass is 16.5. The molecule has 1 aliphatic rings. The lowest BCUT2D eigenvalue weighted by Crippen LogP contribution is -2.25. The Balaban J connectivity index is 2.24. The number of methoxy groups -OCH3 is 1. The molecule has 0 aromatic carbocycles. The Bertz CT molecular complexity index is 396. The van der Waals surface area contributed by atoms with Gasteiger partial charge in [-0.3, -0.25) is 9.48 Å². The van der Waals surface area contributed by atoms with Crippen LogP contribution in [-0.4, -0.2) is 22.9 Å². The Morgan fingerprint density at radius 2 is 2.38 bits per heavy atom. The second-order valence-corrected chi connectivity index (χ2v) is 4.62. The van der Waals surface area contributed by atoms with Gasteiger partial charge in [-0.2, -0.15) is 5.10 Å². The molecular weight excluding hydrogens is 204 g/mol. The molecule has 2 rings (SSSR count). The van der Waals surface area contributed by atoms with Crippen LogP contribution < -0.4 is 0 Å². The summed E-state index contributed by atoms with van der Waals surface area (Å²) in [6.07, 6.45) is 4.51. The molecule has 1 aromatic rings. The van der Waals surface area contributed by atoms with Crippen molar-refractivity contribution in [2.75, 3.05) is 7.11 Å². The van der Waals surface area contributed by atoms with Gasteiger partial charge in [-0.25, -0.2) is 0 Å². The SMILES string of the molecule is COC(=O)[C@@H]1CCc2cnn(C(C)C)c2C1. The van der Waals surface area contributed by atoms with Crippen molar-refractivity contribution in [3.63, 3.8) is 0 Å². The van der Waals surface area contributed by atoms with Crippen LogP contribution in [0.4, 0.5) is 0 Å². The van der Waals surface area contributed by atoms with Crippen LogP contribution >= 0.6 is 0 Å². The molecule has 0 saturated carbocycles. The molecule has 0 radical (unpaired) electrons. The van der Waals surface area contributed by atoms with Crippen LogP contribution in [0, 0.1) is 5.92 Å². The third-order valence-corrected chi connectivity index (χ3v) is 3.21. The number of aromatic nitrogens is 2. The van der Waals surface area contributed by atoms with Gasteiger partial charge in [0.2, 0.25) is 0 Å². The summed E-state index contributed by atoms with van der Waals surface area (Å²) in [5.74, 6) is -0.0890. The van der Waals surface area contributed by atoms with Crippen molar-refractivity contribution in [2.45, 2.75) is 39.2 Å². The van der Waals surface area contributed by atoms with Crippen LogP contribution in [0.1, 0.15) is 37.6 Å². The maximum Gasteiger partial charge on any atom is 0.309 e. The summed E-state index contributed by atoms with van der Waals surface area (Å²) in [6, 6.07) is 0.347. The third-order valence-electron chi connectivity index (χ3n) is 3.21. The zero-order valence-electron chi connectivity index (χ0n) is 10.1. The largest absolute Gasteiger partial charge is 0.469 e. The van der Waals surface area contributed by atoms with E-state index in [9.17, 15) is 4.79 Å². The average Bonchev–Trinajstić information content (AvgIpc) is 2.70. The van der Waals surface area contributed by atoms with Crippen LogP contribution in [0.25, 0.3) is 0 Å². The summed E-state index contributed by atoms with van der Waals surface area (Å²) in [6.45, 7) is 4.21. The van der Waals surface area contributed by atoms with Crippen molar-refractivity contribution < 1.29 is 9.53 Å². The van der Waals surface area contributed by atoms with Crippen molar-refractivity contribution in [3.05, 3.63) is 17.5 Å². The van der Waals surface area contributed by atoms with Crippen LogP contribution in [0.3, 0.4) is 0 Å². The molecule has 0 aliphatic heterocycles. The Labute approximate surface area is 95.6 Å². The summed E-state index contributed by atoms with van der Waals surface area (Å²) in [5, 5.41) is 4.38. The number of esters is 1. The Morgan fingerprint density at radius 1 is 1.62 bits per heavy atom. The molecule has 1 atom stereocenters. The van der Waals surface area contributed by atoms with E-state index in [1.54, 1.807) is 0 Å². The molecule has 0 unspecified atom stereocenters. The van der Waals surface area contributed by atoms with Crippen molar-refractivity contribution in [3.8, 4) is 0 Å². The van der Waals surface area contributed by atoms with E-state index in [0.29, 0.717) is 6.04 Å². The van der Waals surface area contributed by atoms with Gasteiger partial charge in [0.15, 0.2) is 0 Å². The number of carbonyl (C=O) groups is 1. The first-order valence-electron chi connectivity index (χ1n) is 5.76. The highest BCUT2D eigenvalue weighted by Crippen LogP contribution is 2.27. The summed E-state index contributed by atoms with van der Waals surface area (Å²) >= 11 is 0. The van der Waals surface area contributed by atoms with E-state index < -0.39 is 0 Å². The molecule has 16 heavy (non-hydrogen) atoms. The molecular formula is C12H18N2O2. The number of rotatable bonds is 2. The summed E-state index contributed by atoms with van der Waals surface area (Å²) in [7, 11) is 1.46. The maximum atomic E-state index is 11.5. The molecule has 0 amide bonds. The zero-order valence-corrected chi connectivity index (χ0v) is 10.1. The van der Waals surface area contributed by atoms with E-state index in [1.807, 2.05) is 10.9 Å². The minimum Gasteiger partial charge on any atom is -0.469 e. The van der Waals surface area contributed by atoms with E-state index in [1.165, 1.54) is 18.4 Å². The van der Waals surface area contributed by atoms with Crippen LogP contribution in [0.2, 0.25) is 0 Å². The van der Waals surface area contributed by atoms with E-state index in [2.05, 4.69) is 18.9 Å². The smallest absolute Gasteiger partial charge is 0.309 e. The lowest BCUT2D eigenvalue weighted by molar-refractivity contribution is -0.145. The molecule has 0 spiro atoms. The first-order valence-corrected chi connectivity index (χ1v) is 5.76. The second-order valence-electron chi connectivity index (χ2n) is 4.62. The molecule has 4 heteroatoms. The third kappa shape index (κ3) is 1.84. The van der Waals surface area contributed by atoms with E-state index in [4.69, 9.17) is 4.74 Å². The second kappa shape index (κ2) is 4.28. The molecule has 0 N–H and O–H groups in total. The monoisotopic (exact) mass is 222 g/mol. The van der Waals surface area contributed by atoms with Crippen molar-refractivity contribution in [1.82, 2.24) is 9.78 Å². The predicted molar refractivity (Wildman–Crippen MR) is 60.1 cm³/mol.